The van der Waals surface area contributed by atoms with Crippen molar-refractivity contribution in [3.63, 3.8) is 0 Å². The summed E-state index contributed by atoms with van der Waals surface area (Å²) in [6.45, 7) is 20.8. The molecule has 0 saturated carbocycles. The van der Waals surface area contributed by atoms with Gasteiger partial charge in [-0.1, -0.05) is 176 Å². The molecule has 3 heteroatoms. The molecule has 4 atom stereocenters. The molecule has 44 heavy (non-hydrogen) atoms. The van der Waals surface area contributed by atoms with Crippen molar-refractivity contribution >= 4 is 13.9 Å². The third-order valence-corrected chi connectivity index (χ3v) is 12.3. The Morgan fingerprint density at radius 1 is 0.750 bits per heavy atom. The molecule has 2 nitrogen and oxygen atoms in total. The van der Waals surface area contributed by atoms with Gasteiger partial charge >= 0.3 is 0 Å². The van der Waals surface area contributed by atoms with Crippen molar-refractivity contribution in [1.29, 1.82) is 0 Å². The summed E-state index contributed by atoms with van der Waals surface area (Å²) in [5, 5.41) is 25.0. The Kier molecular flexibility index (Phi) is 13.1. The van der Waals surface area contributed by atoms with E-state index in [0.29, 0.717) is 20.2 Å². The van der Waals surface area contributed by atoms with Gasteiger partial charge in [-0.3, -0.25) is 0 Å². The second-order valence-electron chi connectivity index (χ2n) is 14.7. The fraction of sp³-hybridized carbons (Fsp3) is 0.561. The highest BCUT2D eigenvalue weighted by Gasteiger charge is 2.39. The highest BCUT2D eigenvalue weighted by Crippen LogP contribution is 2.55. The Hall–Kier alpha value is -2.15. The molecule has 0 saturated heterocycles. The maximum atomic E-state index is 12.4. The van der Waals surface area contributed by atoms with Crippen molar-refractivity contribution in [1.82, 2.24) is 0 Å². The number of hydrogen-bond donors (Lipinski definition) is 2. The zero-order valence-electron chi connectivity index (χ0n) is 29.3. The summed E-state index contributed by atoms with van der Waals surface area (Å²) >= 11 is 0. The average Bonchev–Trinajstić information content (AvgIpc) is 3.00. The van der Waals surface area contributed by atoms with Crippen LogP contribution in [0.1, 0.15) is 154 Å². The van der Waals surface area contributed by atoms with Gasteiger partial charge in [0.2, 0.25) is 0 Å². The van der Waals surface area contributed by atoms with Gasteiger partial charge in [-0.05, 0) is 58.0 Å². The van der Waals surface area contributed by atoms with Gasteiger partial charge in [0.1, 0.15) is 11.9 Å². The number of phenols is 1. The molecule has 0 aliphatic rings. The smallest absolute Gasteiger partial charge is 0.123 e. The van der Waals surface area contributed by atoms with Crippen LogP contribution in [0.4, 0.5) is 0 Å². The predicted octanol–water partition coefficient (Wildman–Crippen LogP) is 11.5. The third kappa shape index (κ3) is 8.55. The number of aliphatic hydroxyl groups is 1. The number of rotatable bonds is 16. The normalized spacial score (nSPS) is 15.4. The zero-order valence-corrected chi connectivity index (χ0v) is 30.3. The van der Waals surface area contributed by atoms with Crippen LogP contribution in [0.3, 0.4) is 0 Å². The van der Waals surface area contributed by atoms with Gasteiger partial charge in [0.05, 0.1) is 0 Å². The predicted molar refractivity (Wildman–Crippen MR) is 194 cm³/mol. The van der Waals surface area contributed by atoms with Crippen LogP contribution in [0.5, 0.6) is 5.75 Å². The fourth-order valence-corrected chi connectivity index (χ4v) is 8.43. The highest BCUT2D eigenvalue weighted by atomic mass is 31.1. The molecule has 0 fully saturated rings. The quantitative estimate of drug-likeness (QED) is 0.124. The number of phenolic OH excluding ortho intramolecular Hbond substituents is 1. The van der Waals surface area contributed by atoms with Crippen molar-refractivity contribution in [3.05, 3.63) is 94.5 Å². The summed E-state index contributed by atoms with van der Waals surface area (Å²) < 4.78 is 0. The summed E-state index contributed by atoms with van der Waals surface area (Å²) in [6.07, 6.45) is 9.58. The maximum absolute atomic E-state index is 12.4. The second-order valence-corrected chi connectivity index (χ2v) is 16.5. The Morgan fingerprint density at radius 3 is 1.95 bits per heavy atom. The van der Waals surface area contributed by atoms with E-state index in [0.717, 1.165) is 54.4 Å². The molecule has 4 unspecified atom stereocenters. The number of unbranched alkanes of at least 4 members (excludes halogenated alkanes) is 4. The molecule has 242 valence electrons. The third-order valence-electron chi connectivity index (χ3n) is 10.2. The molecule has 0 spiro atoms. The Balaban J connectivity index is 2.24. The van der Waals surface area contributed by atoms with Gasteiger partial charge in [0.15, 0.2) is 0 Å². The molecule has 0 aliphatic carbocycles. The summed E-state index contributed by atoms with van der Waals surface area (Å²) in [4.78, 5) is 0. The molecule has 2 N–H and O–H groups in total. The lowest BCUT2D eigenvalue weighted by atomic mass is 9.69. The van der Waals surface area contributed by atoms with Gasteiger partial charge in [0, 0.05) is 16.3 Å². The molecule has 0 aromatic heterocycles. The number of aromatic hydroxyl groups is 1. The SMILES string of the molecule is CCCCCC(C)C(C)(C)c1cc(C(C)(C)C)cc(C(CC)(CCCCC)Pc2ccccc2C(O)c2ccccc2)c1O. The van der Waals surface area contributed by atoms with Gasteiger partial charge in [-0.15, -0.1) is 0 Å². The van der Waals surface area contributed by atoms with E-state index in [1.54, 1.807) is 0 Å². The summed E-state index contributed by atoms with van der Waals surface area (Å²) in [5.74, 6) is 0.945. The van der Waals surface area contributed by atoms with Crippen molar-refractivity contribution in [3.8, 4) is 5.75 Å². The molecule has 0 heterocycles. The van der Waals surface area contributed by atoms with Gasteiger partial charge in [0.25, 0.3) is 0 Å². The van der Waals surface area contributed by atoms with Crippen molar-refractivity contribution < 1.29 is 10.2 Å². The monoisotopic (exact) mass is 616 g/mol. The zero-order chi connectivity index (χ0) is 32.5. The average molecular weight is 617 g/mol. The first kappa shape index (κ1) is 36.3. The fourth-order valence-electron chi connectivity index (χ4n) is 6.57. The van der Waals surface area contributed by atoms with Gasteiger partial charge < -0.3 is 10.2 Å². The van der Waals surface area contributed by atoms with Crippen molar-refractivity contribution in [2.24, 2.45) is 5.92 Å². The summed E-state index contributed by atoms with van der Waals surface area (Å²) in [7, 11) is 0.422. The molecule has 0 bridgehead atoms. The van der Waals surface area contributed by atoms with E-state index in [1.165, 1.54) is 36.6 Å². The Bertz CT molecular complexity index is 1310. The van der Waals surface area contributed by atoms with E-state index in [4.69, 9.17) is 0 Å². The molecule has 0 radical (unpaired) electrons. The van der Waals surface area contributed by atoms with E-state index < -0.39 is 6.10 Å². The minimum absolute atomic E-state index is 0.0495. The van der Waals surface area contributed by atoms with Crippen molar-refractivity contribution in [2.45, 2.75) is 142 Å². The lowest BCUT2D eigenvalue weighted by molar-refractivity contribution is 0.221. The van der Waals surface area contributed by atoms with E-state index in [2.05, 4.69) is 92.6 Å². The lowest BCUT2D eigenvalue weighted by Gasteiger charge is -2.40. The van der Waals surface area contributed by atoms with Crippen molar-refractivity contribution in [2.75, 3.05) is 0 Å². The van der Waals surface area contributed by atoms with E-state index in [9.17, 15) is 10.2 Å². The number of benzene rings is 3. The number of aliphatic hydroxyl groups excluding tert-OH is 1. The first-order chi connectivity index (χ1) is 20.8. The first-order valence-corrected chi connectivity index (χ1v) is 18.3. The van der Waals surface area contributed by atoms with Crippen LogP contribution in [0.2, 0.25) is 0 Å². The molecule has 0 amide bonds. The first-order valence-electron chi connectivity index (χ1n) is 17.3. The minimum Gasteiger partial charge on any atom is -0.507 e. The maximum Gasteiger partial charge on any atom is 0.123 e. The lowest BCUT2D eigenvalue weighted by Crippen LogP contribution is -2.30. The topological polar surface area (TPSA) is 40.5 Å². The molecule has 0 aliphatic heterocycles. The van der Waals surface area contributed by atoms with E-state index in [1.807, 2.05) is 36.4 Å². The summed E-state index contributed by atoms with van der Waals surface area (Å²) in [6, 6.07) is 23.1. The molecular formula is C41H61O2P. The Labute approximate surface area is 271 Å². The van der Waals surface area contributed by atoms with Crippen LogP contribution in [-0.2, 0) is 16.0 Å². The van der Waals surface area contributed by atoms with Crippen LogP contribution < -0.4 is 5.30 Å². The highest BCUT2D eigenvalue weighted by molar-refractivity contribution is 7.48. The molecule has 3 rings (SSSR count). The summed E-state index contributed by atoms with van der Waals surface area (Å²) in [5.41, 5.74) is 5.17. The molecular weight excluding hydrogens is 555 g/mol. The number of hydrogen-bond acceptors (Lipinski definition) is 2. The minimum atomic E-state index is -0.682. The van der Waals surface area contributed by atoms with Gasteiger partial charge in [-0.2, -0.15) is 0 Å². The van der Waals surface area contributed by atoms with Gasteiger partial charge in [-0.25, -0.2) is 0 Å². The van der Waals surface area contributed by atoms with Crippen LogP contribution in [0.25, 0.3) is 0 Å². The van der Waals surface area contributed by atoms with Crippen LogP contribution in [0.15, 0.2) is 66.7 Å². The van der Waals surface area contributed by atoms with E-state index >= 15 is 0 Å². The van der Waals surface area contributed by atoms with E-state index in [-0.39, 0.29) is 16.0 Å². The molecule has 3 aromatic carbocycles. The molecule has 3 aromatic rings. The van der Waals surface area contributed by atoms with Crippen LogP contribution in [0, 0.1) is 5.92 Å². The second kappa shape index (κ2) is 15.9. The van der Waals surface area contributed by atoms with Crippen LogP contribution in [-0.4, -0.2) is 10.2 Å². The largest absolute Gasteiger partial charge is 0.507 e. The standard InChI is InChI=1S/C41H61O2P/c1-10-13-16-22-30(4)40(8,9)34-28-32(39(5,6)7)29-35(38(34)43)41(12-3,27-21-14-11-2)44-36-26-20-19-25-33(36)37(42)31-23-17-15-18-24-31/h15,17-20,23-26,28-30,37,42-44H,10-14,16,21-22,27H2,1-9H3. The van der Waals surface area contributed by atoms with Crippen LogP contribution >= 0.6 is 8.58 Å². The Morgan fingerprint density at radius 2 is 1.34 bits per heavy atom.